The van der Waals surface area contributed by atoms with Crippen LogP contribution >= 0.6 is 0 Å². The molecule has 259 valence electrons. The molecule has 10 rings (SSSR count). The van der Waals surface area contributed by atoms with Crippen molar-refractivity contribution in [2.24, 2.45) is 0 Å². The Morgan fingerprint density at radius 3 is 2.11 bits per heavy atom. The molecule has 0 unspecified atom stereocenters. The van der Waals surface area contributed by atoms with Crippen molar-refractivity contribution in [1.29, 1.82) is 0 Å². The van der Waals surface area contributed by atoms with Gasteiger partial charge in [-0.25, -0.2) is 0 Å². The minimum atomic E-state index is -1.23. The molecule has 53 heavy (non-hydrogen) atoms. The van der Waals surface area contributed by atoms with Crippen LogP contribution in [0.5, 0.6) is 0 Å². The van der Waals surface area contributed by atoms with Crippen LogP contribution in [0.4, 0.5) is 0 Å². The maximum Gasteiger partial charge on any atom is 0.128 e. The summed E-state index contributed by atoms with van der Waals surface area (Å²) < 4.78 is 8.83. The second kappa shape index (κ2) is 14.0. The zero-order valence-electron chi connectivity index (χ0n) is 29.5. The monoisotopic (exact) mass is 879 g/mol. The van der Waals surface area contributed by atoms with Gasteiger partial charge < -0.3 is 14.0 Å². The molecule has 0 saturated carbocycles. The third kappa shape index (κ3) is 6.27. The molecule has 0 atom stereocenters. The zero-order chi connectivity index (χ0) is 35.2. The molecular formula is C46H34IrN4OSi-2. The number of pyridine rings is 2. The van der Waals surface area contributed by atoms with E-state index in [1.807, 2.05) is 79.1 Å². The third-order valence-electron chi connectivity index (χ3n) is 9.57. The molecule has 5 nitrogen and oxygen atoms in total. The summed E-state index contributed by atoms with van der Waals surface area (Å²) in [7, 11) is -1.23. The van der Waals surface area contributed by atoms with Gasteiger partial charge in [0.2, 0.25) is 0 Å². The molecule has 0 aliphatic carbocycles. The van der Waals surface area contributed by atoms with Gasteiger partial charge in [-0.2, -0.15) is 0 Å². The van der Waals surface area contributed by atoms with Gasteiger partial charge in [0.25, 0.3) is 0 Å². The Labute approximate surface area is 322 Å². The van der Waals surface area contributed by atoms with Gasteiger partial charge in [-0.05, 0) is 34.5 Å². The zero-order valence-corrected chi connectivity index (χ0v) is 32.9. The number of hydrogen-bond acceptors (Lipinski definition) is 4. The molecule has 10 aromatic rings. The summed E-state index contributed by atoms with van der Waals surface area (Å²) in [5, 5.41) is 6.85. The molecule has 0 bridgehead atoms. The Balaban J connectivity index is 0.000000199. The van der Waals surface area contributed by atoms with Crippen LogP contribution in [0.1, 0.15) is 0 Å². The van der Waals surface area contributed by atoms with Gasteiger partial charge in [-0.1, -0.05) is 116 Å². The molecule has 4 aromatic heterocycles. The number of furan rings is 1. The van der Waals surface area contributed by atoms with Crippen LogP contribution in [0.2, 0.25) is 19.6 Å². The van der Waals surface area contributed by atoms with E-state index >= 15 is 0 Å². The fourth-order valence-electron chi connectivity index (χ4n) is 6.88. The van der Waals surface area contributed by atoms with Crippen LogP contribution in [0, 0.1) is 12.1 Å². The fraction of sp³-hybridized carbons (Fsp3) is 0.0652. The van der Waals surface area contributed by atoms with Crippen molar-refractivity contribution in [3.05, 3.63) is 164 Å². The quantitative estimate of drug-likeness (QED) is 0.131. The molecule has 0 spiro atoms. The van der Waals surface area contributed by atoms with Crippen molar-refractivity contribution < 1.29 is 24.5 Å². The Hall–Kier alpha value is -5.72. The van der Waals surface area contributed by atoms with E-state index in [9.17, 15) is 0 Å². The van der Waals surface area contributed by atoms with E-state index < -0.39 is 8.07 Å². The summed E-state index contributed by atoms with van der Waals surface area (Å²) in [6, 6.07) is 54.1. The number of benzene rings is 6. The molecule has 1 radical (unpaired) electrons. The summed E-state index contributed by atoms with van der Waals surface area (Å²) >= 11 is 0. The first kappa shape index (κ1) is 34.4. The van der Waals surface area contributed by atoms with Crippen molar-refractivity contribution in [2.45, 2.75) is 19.6 Å². The van der Waals surface area contributed by atoms with E-state index in [0.717, 1.165) is 83.0 Å². The Morgan fingerprint density at radius 2 is 1.34 bits per heavy atom. The molecule has 0 amide bonds. The van der Waals surface area contributed by atoms with Crippen LogP contribution in [-0.2, 0) is 20.1 Å². The first-order valence-corrected chi connectivity index (χ1v) is 20.9. The molecule has 0 aliphatic rings. The first-order chi connectivity index (χ1) is 25.4. The van der Waals surface area contributed by atoms with E-state index in [4.69, 9.17) is 9.40 Å². The minimum absolute atomic E-state index is 0. The molecule has 0 saturated heterocycles. The normalized spacial score (nSPS) is 11.5. The summed E-state index contributed by atoms with van der Waals surface area (Å²) in [4.78, 5) is 14.3. The van der Waals surface area contributed by atoms with Gasteiger partial charge in [0.05, 0.1) is 42.2 Å². The second-order valence-electron chi connectivity index (χ2n) is 13.9. The third-order valence-corrected chi connectivity index (χ3v) is 11.6. The van der Waals surface area contributed by atoms with Gasteiger partial charge >= 0.3 is 0 Å². The van der Waals surface area contributed by atoms with Crippen LogP contribution in [0.25, 0.3) is 83.0 Å². The molecular weight excluding hydrogens is 845 g/mol. The van der Waals surface area contributed by atoms with E-state index in [1.54, 1.807) is 0 Å². The minimum Gasteiger partial charge on any atom is -0.500 e. The standard InChI is InChI=1S/C32H18N3O.C14H16NSi.Ir/c1-2-10-21(11-3-1)35-29-25-13-6-7-16-27(25)33-19-28(29)34-32(35)26-15-8-14-23-24-18-17-20-9-4-5-12-22(20)30(24)36-31(23)26;1-16(2,3)13-9-10-14(15-11-13)12-7-5-4-6-8-12;/h1-14,16-19H;4-7,9-11H,1-3H3;/q2*-1;. The maximum absolute atomic E-state index is 6.63. The average Bonchev–Trinajstić information content (AvgIpc) is 3.78. The van der Waals surface area contributed by atoms with Gasteiger partial charge in [-0.15, -0.1) is 54.1 Å². The number of fused-ring (bicyclic) bond motifs is 8. The summed E-state index contributed by atoms with van der Waals surface area (Å²) in [5.74, 6) is 0.781. The van der Waals surface area contributed by atoms with Crippen LogP contribution < -0.4 is 5.19 Å². The number of aromatic nitrogens is 4. The van der Waals surface area contributed by atoms with Crippen molar-refractivity contribution in [2.75, 3.05) is 0 Å². The Morgan fingerprint density at radius 1 is 0.585 bits per heavy atom. The van der Waals surface area contributed by atoms with Crippen molar-refractivity contribution in [3.63, 3.8) is 0 Å². The van der Waals surface area contributed by atoms with Crippen LogP contribution in [-0.4, -0.2) is 27.6 Å². The molecule has 0 N–H and O–H groups in total. The molecule has 0 fully saturated rings. The second-order valence-corrected chi connectivity index (χ2v) is 19.0. The molecule has 6 aromatic carbocycles. The average molecular weight is 879 g/mol. The van der Waals surface area contributed by atoms with Crippen molar-refractivity contribution in [3.8, 4) is 28.3 Å². The smallest absolute Gasteiger partial charge is 0.128 e. The number of imidazole rings is 1. The van der Waals surface area contributed by atoms with Crippen molar-refractivity contribution >= 4 is 67.9 Å². The Kier molecular flexibility index (Phi) is 9.09. The fourth-order valence-corrected chi connectivity index (χ4v) is 7.92. The van der Waals surface area contributed by atoms with Crippen molar-refractivity contribution in [1.82, 2.24) is 19.5 Å². The Bertz CT molecular complexity index is 2880. The van der Waals surface area contributed by atoms with Gasteiger partial charge in [0.1, 0.15) is 5.58 Å². The summed E-state index contributed by atoms with van der Waals surface area (Å²) in [5.41, 5.74) is 8.38. The van der Waals surface area contributed by atoms with E-state index in [1.165, 1.54) is 5.19 Å². The van der Waals surface area contributed by atoms with Gasteiger partial charge in [0, 0.05) is 48.1 Å². The van der Waals surface area contributed by atoms with E-state index in [2.05, 4.69) is 119 Å². The largest absolute Gasteiger partial charge is 0.500 e. The van der Waals surface area contributed by atoms with Crippen LogP contribution in [0.3, 0.4) is 0 Å². The van der Waals surface area contributed by atoms with E-state index in [-0.39, 0.29) is 20.1 Å². The summed E-state index contributed by atoms with van der Waals surface area (Å²) in [6.07, 6.45) is 3.87. The van der Waals surface area contributed by atoms with Gasteiger partial charge in [0.15, 0.2) is 0 Å². The maximum atomic E-state index is 6.63. The number of rotatable bonds is 4. The SMILES string of the molecule is C[Si](C)(C)c1ccc(-c2[c-]cccc2)nc1.[Ir].[c-]1ccc2c(oc3c4ccccc4ccc23)c1-c1nc2cnc3ccccc3c2n1-c1ccccc1. The van der Waals surface area contributed by atoms with Crippen LogP contribution in [0.15, 0.2) is 156 Å². The summed E-state index contributed by atoms with van der Waals surface area (Å²) in [6.45, 7) is 7.00. The molecule has 0 aliphatic heterocycles. The molecule has 7 heteroatoms. The topological polar surface area (TPSA) is 56.7 Å². The van der Waals surface area contributed by atoms with E-state index in [0.29, 0.717) is 0 Å². The number of nitrogens with zero attached hydrogens (tertiary/aromatic N) is 4. The number of para-hydroxylation sites is 2. The van der Waals surface area contributed by atoms with Gasteiger partial charge in [-0.3, -0.25) is 9.97 Å². The predicted molar refractivity (Wildman–Crippen MR) is 217 cm³/mol. The first-order valence-electron chi connectivity index (χ1n) is 17.4. The predicted octanol–water partition coefficient (Wildman–Crippen LogP) is 11.2. The molecule has 4 heterocycles. The number of hydrogen-bond donors (Lipinski definition) is 0.